The summed E-state index contributed by atoms with van der Waals surface area (Å²) in [5.74, 6) is -0.349. The first-order valence-electron chi connectivity index (χ1n) is 4.11. The number of pyridine rings is 1. The van der Waals surface area contributed by atoms with Gasteiger partial charge in [-0.15, -0.1) is 0 Å². The fraction of sp³-hybridized carbons (Fsp3) is 0.222. The molecule has 0 saturated heterocycles. The maximum atomic E-state index is 11.4. The van der Waals surface area contributed by atoms with Crippen molar-refractivity contribution in [1.29, 1.82) is 5.26 Å². The molecule has 5 nitrogen and oxygen atoms in total. The number of nitrogens with one attached hydrogen (secondary N) is 1. The quantitative estimate of drug-likeness (QED) is 0.671. The van der Waals surface area contributed by atoms with Gasteiger partial charge in [-0.25, -0.2) is 4.98 Å². The van der Waals surface area contributed by atoms with Gasteiger partial charge in [-0.1, -0.05) is 0 Å². The first-order chi connectivity index (χ1) is 6.75. The second kappa shape index (κ2) is 4.82. The summed E-state index contributed by atoms with van der Waals surface area (Å²) in [6.45, 7) is 0.311. The molecule has 14 heavy (non-hydrogen) atoms. The third kappa shape index (κ3) is 2.45. The fourth-order valence-electron chi connectivity index (χ4n) is 0.923. The Morgan fingerprint density at radius 3 is 3.14 bits per heavy atom. The van der Waals surface area contributed by atoms with Gasteiger partial charge in [0.1, 0.15) is 0 Å². The molecule has 0 aliphatic rings. The van der Waals surface area contributed by atoms with Crippen LogP contribution in [0, 0.1) is 11.3 Å². The minimum atomic E-state index is -0.349. The maximum absolute atomic E-state index is 11.4. The number of rotatable bonds is 3. The third-order valence-electron chi connectivity index (χ3n) is 1.58. The molecule has 1 aromatic heterocycles. The molecule has 0 saturated carbocycles. The van der Waals surface area contributed by atoms with Crippen molar-refractivity contribution in [3.8, 4) is 6.07 Å². The van der Waals surface area contributed by atoms with Gasteiger partial charge in [0.25, 0.3) is 5.91 Å². The average molecular weight is 190 g/mol. The summed E-state index contributed by atoms with van der Waals surface area (Å²) in [5, 5.41) is 10.8. The fourth-order valence-corrected chi connectivity index (χ4v) is 0.923. The Balaban J connectivity index is 2.62. The second-order valence-corrected chi connectivity index (χ2v) is 2.61. The summed E-state index contributed by atoms with van der Waals surface area (Å²) in [5.41, 5.74) is 6.07. The Labute approximate surface area is 81.6 Å². The standard InChI is InChI=1S/C9H10N4O/c10-4-2-6-13-9(14)8-7(11)3-1-5-12-8/h1,3,5H,2,6,11H2,(H,13,14). The molecule has 0 aromatic carbocycles. The van der Waals surface area contributed by atoms with E-state index in [9.17, 15) is 4.79 Å². The monoisotopic (exact) mass is 190 g/mol. The lowest BCUT2D eigenvalue weighted by atomic mass is 10.3. The SMILES string of the molecule is N#CCCNC(=O)c1ncccc1N. The molecule has 5 heteroatoms. The number of anilines is 1. The summed E-state index contributed by atoms with van der Waals surface area (Å²) < 4.78 is 0. The van der Waals surface area contributed by atoms with Gasteiger partial charge in [0.05, 0.1) is 18.2 Å². The third-order valence-corrected chi connectivity index (χ3v) is 1.58. The topological polar surface area (TPSA) is 91.8 Å². The van der Waals surface area contributed by atoms with Crippen LogP contribution in [0.4, 0.5) is 5.69 Å². The molecule has 1 heterocycles. The minimum Gasteiger partial charge on any atom is -0.397 e. The van der Waals surface area contributed by atoms with Crippen LogP contribution in [0.25, 0.3) is 0 Å². The van der Waals surface area contributed by atoms with Crippen LogP contribution in [-0.4, -0.2) is 17.4 Å². The predicted molar refractivity (Wildman–Crippen MR) is 51.2 cm³/mol. The molecule has 72 valence electrons. The predicted octanol–water partition coefficient (Wildman–Crippen LogP) is 0.307. The zero-order valence-electron chi connectivity index (χ0n) is 7.53. The van der Waals surface area contributed by atoms with Gasteiger partial charge in [0, 0.05) is 12.7 Å². The van der Waals surface area contributed by atoms with Crippen molar-refractivity contribution in [2.24, 2.45) is 0 Å². The van der Waals surface area contributed by atoms with E-state index < -0.39 is 0 Å². The number of nitrogen functional groups attached to an aromatic ring is 1. The van der Waals surface area contributed by atoms with Gasteiger partial charge in [-0.3, -0.25) is 4.79 Å². The number of aromatic nitrogens is 1. The number of nitriles is 1. The highest BCUT2D eigenvalue weighted by molar-refractivity contribution is 5.96. The minimum absolute atomic E-state index is 0.199. The highest BCUT2D eigenvalue weighted by atomic mass is 16.1. The van der Waals surface area contributed by atoms with Crippen LogP contribution < -0.4 is 11.1 Å². The number of nitrogens with zero attached hydrogens (tertiary/aromatic N) is 2. The van der Waals surface area contributed by atoms with Gasteiger partial charge in [0.15, 0.2) is 5.69 Å². The largest absolute Gasteiger partial charge is 0.397 e. The molecular formula is C9H10N4O. The smallest absolute Gasteiger partial charge is 0.272 e. The van der Waals surface area contributed by atoms with Crippen molar-refractivity contribution in [1.82, 2.24) is 10.3 Å². The van der Waals surface area contributed by atoms with Crippen LogP contribution in [0.2, 0.25) is 0 Å². The molecule has 1 amide bonds. The molecule has 0 atom stereocenters. The first kappa shape index (κ1) is 9.99. The maximum Gasteiger partial charge on any atom is 0.272 e. The summed E-state index contributed by atoms with van der Waals surface area (Å²) in [7, 11) is 0. The number of amides is 1. The summed E-state index contributed by atoms with van der Waals surface area (Å²) in [6.07, 6.45) is 1.77. The molecule has 0 aliphatic heterocycles. The zero-order valence-corrected chi connectivity index (χ0v) is 7.53. The van der Waals surface area contributed by atoms with Crippen LogP contribution in [0.15, 0.2) is 18.3 Å². The highest BCUT2D eigenvalue weighted by Gasteiger charge is 2.08. The number of hydrogen-bond acceptors (Lipinski definition) is 4. The lowest BCUT2D eigenvalue weighted by Crippen LogP contribution is -2.26. The van der Waals surface area contributed by atoms with E-state index in [-0.39, 0.29) is 18.0 Å². The van der Waals surface area contributed by atoms with Crippen LogP contribution in [0.3, 0.4) is 0 Å². The molecule has 0 fully saturated rings. The lowest BCUT2D eigenvalue weighted by molar-refractivity contribution is 0.0950. The molecule has 0 spiro atoms. The van der Waals surface area contributed by atoms with Crippen molar-refractivity contribution in [3.05, 3.63) is 24.0 Å². The Bertz CT molecular complexity index is 369. The Hall–Kier alpha value is -2.09. The van der Waals surface area contributed by atoms with E-state index in [4.69, 9.17) is 11.0 Å². The van der Waals surface area contributed by atoms with Crippen molar-refractivity contribution in [2.75, 3.05) is 12.3 Å². The van der Waals surface area contributed by atoms with Gasteiger partial charge in [-0.05, 0) is 12.1 Å². The van der Waals surface area contributed by atoms with Crippen LogP contribution >= 0.6 is 0 Å². The normalized spacial score (nSPS) is 9.07. The highest BCUT2D eigenvalue weighted by Crippen LogP contribution is 2.05. The van der Waals surface area contributed by atoms with E-state index in [0.717, 1.165) is 0 Å². The van der Waals surface area contributed by atoms with E-state index in [0.29, 0.717) is 12.2 Å². The zero-order chi connectivity index (χ0) is 10.4. The van der Waals surface area contributed by atoms with E-state index in [1.54, 1.807) is 12.1 Å². The van der Waals surface area contributed by atoms with E-state index in [2.05, 4.69) is 10.3 Å². The van der Waals surface area contributed by atoms with E-state index in [1.165, 1.54) is 6.20 Å². The van der Waals surface area contributed by atoms with Crippen molar-refractivity contribution in [2.45, 2.75) is 6.42 Å². The second-order valence-electron chi connectivity index (χ2n) is 2.61. The van der Waals surface area contributed by atoms with Crippen molar-refractivity contribution in [3.63, 3.8) is 0 Å². The summed E-state index contributed by atoms with van der Waals surface area (Å²) in [4.78, 5) is 15.2. The van der Waals surface area contributed by atoms with Gasteiger partial charge >= 0.3 is 0 Å². The molecule has 1 rings (SSSR count). The van der Waals surface area contributed by atoms with Crippen LogP contribution in [0.5, 0.6) is 0 Å². The average Bonchev–Trinajstić information content (AvgIpc) is 2.18. The molecule has 1 aromatic rings. The Kier molecular flexibility index (Phi) is 3.44. The van der Waals surface area contributed by atoms with Crippen LogP contribution in [-0.2, 0) is 0 Å². The van der Waals surface area contributed by atoms with Crippen molar-refractivity contribution < 1.29 is 4.79 Å². The number of hydrogen-bond donors (Lipinski definition) is 2. The summed E-state index contributed by atoms with van der Waals surface area (Å²) in [6, 6.07) is 5.18. The summed E-state index contributed by atoms with van der Waals surface area (Å²) >= 11 is 0. The van der Waals surface area contributed by atoms with E-state index in [1.807, 2.05) is 6.07 Å². The Morgan fingerprint density at radius 2 is 2.50 bits per heavy atom. The number of carbonyl (C=O) groups excluding carboxylic acids is 1. The molecule has 3 N–H and O–H groups in total. The molecule has 0 bridgehead atoms. The van der Waals surface area contributed by atoms with Crippen molar-refractivity contribution >= 4 is 11.6 Å². The molecular weight excluding hydrogens is 180 g/mol. The van der Waals surface area contributed by atoms with Gasteiger partial charge < -0.3 is 11.1 Å². The van der Waals surface area contributed by atoms with Gasteiger partial charge in [-0.2, -0.15) is 5.26 Å². The lowest BCUT2D eigenvalue weighted by Gasteiger charge is -2.03. The number of nitrogens with two attached hydrogens (primary N) is 1. The van der Waals surface area contributed by atoms with Gasteiger partial charge in [0.2, 0.25) is 0 Å². The van der Waals surface area contributed by atoms with Crippen LogP contribution in [0.1, 0.15) is 16.9 Å². The van der Waals surface area contributed by atoms with E-state index >= 15 is 0 Å². The number of carbonyl (C=O) groups is 1. The first-order valence-corrected chi connectivity index (χ1v) is 4.11. The molecule has 0 unspecified atom stereocenters. The molecule has 0 radical (unpaired) electrons. The molecule has 0 aliphatic carbocycles. The Morgan fingerprint density at radius 1 is 1.71 bits per heavy atom.